The summed E-state index contributed by atoms with van der Waals surface area (Å²) >= 11 is 0. The monoisotopic (exact) mass is 275 g/mol. The van der Waals surface area contributed by atoms with E-state index >= 15 is 0 Å². The molecule has 0 bridgehead atoms. The normalized spacial score (nSPS) is 12.9. The predicted octanol–water partition coefficient (Wildman–Crippen LogP) is 5.50. The second kappa shape index (κ2) is 8.01. The summed E-state index contributed by atoms with van der Waals surface area (Å²) in [7, 11) is 0. The summed E-state index contributed by atoms with van der Waals surface area (Å²) < 4.78 is 0. The minimum absolute atomic E-state index is 0.988. The molecule has 0 fully saturated rings. The van der Waals surface area contributed by atoms with E-state index in [2.05, 4.69) is 67.4 Å². The summed E-state index contributed by atoms with van der Waals surface area (Å²) in [5.41, 5.74) is 4.55. The zero-order valence-electron chi connectivity index (χ0n) is 12.7. The van der Waals surface area contributed by atoms with E-state index in [9.17, 15) is 0 Å². The van der Waals surface area contributed by atoms with Crippen LogP contribution in [-0.4, -0.2) is 5.71 Å². The highest BCUT2D eigenvalue weighted by Gasteiger charge is 2.01. The number of nitrogens with zero attached hydrogens (tertiary/aromatic N) is 1. The van der Waals surface area contributed by atoms with Crippen LogP contribution in [0.4, 0.5) is 0 Å². The van der Waals surface area contributed by atoms with Gasteiger partial charge in [-0.25, -0.2) is 0 Å². The molecule has 0 radical (unpaired) electrons. The third-order valence-corrected chi connectivity index (χ3v) is 3.21. The molecule has 0 saturated carbocycles. The van der Waals surface area contributed by atoms with Crippen molar-refractivity contribution in [3.8, 4) is 0 Å². The quantitative estimate of drug-likeness (QED) is 0.639. The van der Waals surface area contributed by atoms with E-state index in [-0.39, 0.29) is 0 Å². The zero-order valence-corrected chi connectivity index (χ0v) is 12.7. The van der Waals surface area contributed by atoms with Crippen LogP contribution in [0.5, 0.6) is 0 Å². The molecular weight excluding hydrogens is 254 g/mol. The van der Waals surface area contributed by atoms with Crippen LogP contribution in [0, 0.1) is 0 Å². The van der Waals surface area contributed by atoms with E-state index in [1.54, 1.807) is 0 Å². The van der Waals surface area contributed by atoms with Gasteiger partial charge in [-0.2, -0.15) is 0 Å². The number of hydrogen-bond donors (Lipinski definition) is 0. The molecule has 0 aliphatic carbocycles. The fraction of sp³-hybridized carbons (Fsp3) is 0.150. The van der Waals surface area contributed by atoms with Gasteiger partial charge in [0.2, 0.25) is 0 Å². The Hall–Kier alpha value is -2.41. The van der Waals surface area contributed by atoms with Crippen molar-refractivity contribution in [3.05, 3.63) is 90.1 Å². The standard InChI is InChI=1S/C20H21N/c1-3-4-15-21-20(19-13-9-6-10-14-19)16-17(2)18-11-7-5-8-12-18/h4-16H,3H2,1-2H3/b15-4+,17-16+,21-20-. The number of allylic oxidation sites excluding steroid dienone is 3. The van der Waals surface area contributed by atoms with Crippen molar-refractivity contribution in [2.45, 2.75) is 20.3 Å². The molecule has 2 rings (SSSR count). The van der Waals surface area contributed by atoms with E-state index in [1.807, 2.05) is 30.5 Å². The average molecular weight is 275 g/mol. The first-order chi connectivity index (χ1) is 10.3. The lowest BCUT2D eigenvalue weighted by Crippen LogP contribution is -1.97. The Bertz CT molecular complexity index is 634. The van der Waals surface area contributed by atoms with E-state index < -0.39 is 0 Å². The number of hydrogen-bond acceptors (Lipinski definition) is 1. The second-order valence-electron chi connectivity index (χ2n) is 4.87. The third-order valence-electron chi connectivity index (χ3n) is 3.21. The van der Waals surface area contributed by atoms with Gasteiger partial charge in [-0.3, -0.25) is 4.99 Å². The SMILES string of the molecule is CC/C=C/N=C(/C=C(\C)c1ccccc1)c1ccccc1. The van der Waals surface area contributed by atoms with E-state index in [4.69, 9.17) is 0 Å². The Labute approximate surface area is 127 Å². The van der Waals surface area contributed by atoms with Gasteiger partial charge in [0.25, 0.3) is 0 Å². The molecule has 0 heterocycles. The first-order valence-corrected chi connectivity index (χ1v) is 7.33. The van der Waals surface area contributed by atoms with Crippen LogP contribution in [0.1, 0.15) is 31.4 Å². The van der Waals surface area contributed by atoms with Crippen molar-refractivity contribution in [1.82, 2.24) is 0 Å². The van der Waals surface area contributed by atoms with Gasteiger partial charge in [-0.05, 0) is 30.6 Å². The molecule has 0 aliphatic rings. The van der Waals surface area contributed by atoms with Crippen molar-refractivity contribution in [2.24, 2.45) is 4.99 Å². The summed E-state index contributed by atoms with van der Waals surface area (Å²) in [4.78, 5) is 4.61. The average Bonchev–Trinajstić information content (AvgIpc) is 2.55. The Morgan fingerprint density at radius 3 is 2.05 bits per heavy atom. The molecule has 0 aromatic heterocycles. The first-order valence-electron chi connectivity index (χ1n) is 7.33. The molecule has 0 spiro atoms. The molecule has 21 heavy (non-hydrogen) atoms. The maximum absolute atomic E-state index is 4.61. The third kappa shape index (κ3) is 4.57. The Kier molecular flexibility index (Phi) is 5.71. The van der Waals surface area contributed by atoms with Crippen molar-refractivity contribution in [2.75, 3.05) is 0 Å². The summed E-state index contributed by atoms with van der Waals surface area (Å²) in [6, 6.07) is 20.7. The zero-order chi connectivity index (χ0) is 14.9. The Morgan fingerprint density at radius 1 is 0.905 bits per heavy atom. The lowest BCUT2D eigenvalue weighted by Gasteiger charge is -2.05. The highest BCUT2D eigenvalue weighted by molar-refractivity contribution is 6.12. The van der Waals surface area contributed by atoms with Gasteiger partial charge in [0, 0.05) is 11.8 Å². The van der Waals surface area contributed by atoms with Gasteiger partial charge in [-0.1, -0.05) is 73.7 Å². The Morgan fingerprint density at radius 2 is 1.48 bits per heavy atom. The van der Waals surface area contributed by atoms with Crippen molar-refractivity contribution >= 4 is 11.3 Å². The van der Waals surface area contributed by atoms with E-state index in [0.717, 1.165) is 17.7 Å². The van der Waals surface area contributed by atoms with Crippen molar-refractivity contribution < 1.29 is 0 Å². The number of aliphatic imine (C=N–C) groups is 1. The summed E-state index contributed by atoms with van der Waals surface area (Å²) in [6.45, 7) is 4.23. The maximum Gasteiger partial charge on any atom is 0.0704 e. The van der Waals surface area contributed by atoms with Gasteiger partial charge < -0.3 is 0 Å². The molecule has 1 nitrogen and oxygen atoms in total. The molecule has 106 valence electrons. The smallest absolute Gasteiger partial charge is 0.0704 e. The van der Waals surface area contributed by atoms with E-state index in [0.29, 0.717) is 0 Å². The topological polar surface area (TPSA) is 12.4 Å². The van der Waals surface area contributed by atoms with Gasteiger partial charge in [0.15, 0.2) is 0 Å². The molecule has 0 N–H and O–H groups in total. The fourth-order valence-corrected chi connectivity index (χ4v) is 2.03. The number of rotatable bonds is 5. The minimum Gasteiger partial charge on any atom is -0.257 e. The van der Waals surface area contributed by atoms with E-state index in [1.165, 1.54) is 11.1 Å². The van der Waals surface area contributed by atoms with Crippen LogP contribution < -0.4 is 0 Å². The molecule has 0 saturated heterocycles. The van der Waals surface area contributed by atoms with Crippen LogP contribution in [0.3, 0.4) is 0 Å². The second-order valence-corrected chi connectivity index (χ2v) is 4.87. The van der Waals surface area contributed by atoms with Crippen LogP contribution in [-0.2, 0) is 0 Å². The summed E-state index contributed by atoms with van der Waals surface area (Å²) in [6.07, 6.45) is 7.09. The lowest BCUT2D eigenvalue weighted by atomic mass is 10.0. The largest absolute Gasteiger partial charge is 0.257 e. The maximum atomic E-state index is 4.61. The van der Waals surface area contributed by atoms with Crippen LogP contribution in [0.2, 0.25) is 0 Å². The molecule has 0 unspecified atom stereocenters. The molecule has 0 amide bonds. The molecular formula is C20H21N. The molecule has 0 atom stereocenters. The first kappa shape index (κ1) is 15.0. The fourth-order valence-electron chi connectivity index (χ4n) is 2.03. The molecule has 0 aliphatic heterocycles. The minimum atomic E-state index is 0.988. The predicted molar refractivity (Wildman–Crippen MR) is 92.5 cm³/mol. The van der Waals surface area contributed by atoms with Gasteiger partial charge >= 0.3 is 0 Å². The molecule has 1 heteroatoms. The molecule has 2 aromatic carbocycles. The van der Waals surface area contributed by atoms with Gasteiger partial charge in [0.1, 0.15) is 0 Å². The molecule has 2 aromatic rings. The highest BCUT2D eigenvalue weighted by atomic mass is 14.7. The summed E-state index contributed by atoms with van der Waals surface area (Å²) in [5.74, 6) is 0. The van der Waals surface area contributed by atoms with Crippen LogP contribution in [0.25, 0.3) is 5.57 Å². The van der Waals surface area contributed by atoms with Crippen LogP contribution >= 0.6 is 0 Å². The van der Waals surface area contributed by atoms with Crippen molar-refractivity contribution in [1.29, 1.82) is 0 Å². The highest BCUT2D eigenvalue weighted by Crippen LogP contribution is 2.15. The van der Waals surface area contributed by atoms with Gasteiger partial charge in [-0.15, -0.1) is 0 Å². The van der Waals surface area contributed by atoms with Gasteiger partial charge in [0.05, 0.1) is 5.71 Å². The van der Waals surface area contributed by atoms with Crippen molar-refractivity contribution in [3.63, 3.8) is 0 Å². The van der Waals surface area contributed by atoms with Crippen LogP contribution in [0.15, 0.2) is 84.0 Å². The Balaban J connectivity index is 2.37. The lowest BCUT2D eigenvalue weighted by molar-refractivity contribution is 1.21. The number of benzene rings is 2. The summed E-state index contributed by atoms with van der Waals surface area (Å²) in [5, 5.41) is 0.